The molecule has 6 nitrogen and oxygen atoms in total. The summed E-state index contributed by atoms with van der Waals surface area (Å²) in [6, 6.07) is 14.3. The number of nitrogens with zero attached hydrogens (tertiary/aromatic N) is 2. The fourth-order valence-corrected chi connectivity index (χ4v) is 4.48. The Hall–Kier alpha value is -2.94. The molecule has 31 heavy (non-hydrogen) atoms. The van der Waals surface area contributed by atoms with Gasteiger partial charge < -0.3 is 4.42 Å². The van der Waals surface area contributed by atoms with Crippen LogP contribution in [0, 0.1) is 6.92 Å². The number of anilines is 1. The van der Waals surface area contributed by atoms with Crippen LogP contribution < -0.4 is 10.7 Å². The lowest BCUT2D eigenvalue weighted by molar-refractivity contribution is 0.0997. The Bertz CT molecular complexity index is 1330. The summed E-state index contributed by atoms with van der Waals surface area (Å²) in [6.45, 7) is 1.80. The second kappa shape index (κ2) is 9.47. The molecule has 9 heteroatoms. The molecule has 0 saturated carbocycles. The molecule has 4 aromatic rings. The Morgan fingerprint density at radius 1 is 1.23 bits per heavy atom. The van der Waals surface area contributed by atoms with E-state index in [9.17, 15) is 9.59 Å². The summed E-state index contributed by atoms with van der Waals surface area (Å²) in [5.74, 6) is 0.0524. The van der Waals surface area contributed by atoms with Crippen molar-refractivity contribution in [3.8, 4) is 0 Å². The highest BCUT2D eigenvalue weighted by molar-refractivity contribution is 8.01. The average molecular weight is 470 g/mol. The number of carbonyl (C=O) groups is 1. The maximum absolute atomic E-state index is 12.5. The van der Waals surface area contributed by atoms with Gasteiger partial charge in [0.25, 0.3) is 5.91 Å². The zero-order chi connectivity index (χ0) is 21.8. The number of aromatic nitrogens is 2. The SMILES string of the molecule is Cc1cc2oc(C(=O)Nc3nnc(SCC=Cc4ccccc4)s3)cc(=O)c2cc1Cl. The van der Waals surface area contributed by atoms with E-state index in [1.54, 1.807) is 19.1 Å². The molecule has 0 atom stereocenters. The van der Waals surface area contributed by atoms with Gasteiger partial charge in [0.1, 0.15) is 5.58 Å². The molecule has 156 valence electrons. The quantitative estimate of drug-likeness (QED) is 0.289. The highest BCUT2D eigenvalue weighted by Gasteiger charge is 2.16. The van der Waals surface area contributed by atoms with Gasteiger partial charge in [0.05, 0.1) is 5.39 Å². The summed E-state index contributed by atoms with van der Waals surface area (Å²) in [6.07, 6.45) is 4.07. The van der Waals surface area contributed by atoms with Gasteiger partial charge in [-0.2, -0.15) is 0 Å². The van der Waals surface area contributed by atoms with Crippen LogP contribution in [0.4, 0.5) is 5.13 Å². The van der Waals surface area contributed by atoms with E-state index in [-0.39, 0.29) is 11.2 Å². The van der Waals surface area contributed by atoms with Gasteiger partial charge in [0.15, 0.2) is 15.5 Å². The highest BCUT2D eigenvalue weighted by Crippen LogP contribution is 2.26. The molecule has 4 rings (SSSR count). The molecular formula is C22H16ClN3O3S2. The summed E-state index contributed by atoms with van der Waals surface area (Å²) in [7, 11) is 0. The standard InChI is InChI=1S/C22H16ClN3O3S2/c1-13-10-18-15(11-16(13)23)17(27)12-19(29-18)20(28)24-21-25-26-22(31-21)30-9-5-8-14-6-3-2-4-7-14/h2-8,10-12H,9H2,1H3,(H,24,25,28). The van der Waals surface area contributed by atoms with Gasteiger partial charge in [-0.1, -0.05) is 77.2 Å². The van der Waals surface area contributed by atoms with Crippen molar-refractivity contribution in [3.63, 3.8) is 0 Å². The number of halogens is 1. The van der Waals surface area contributed by atoms with Gasteiger partial charge in [-0.15, -0.1) is 10.2 Å². The summed E-state index contributed by atoms with van der Waals surface area (Å²) < 4.78 is 6.33. The summed E-state index contributed by atoms with van der Waals surface area (Å²) in [5, 5.41) is 11.8. The zero-order valence-corrected chi connectivity index (χ0v) is 18.7. The monoisotopic (exact) mass is 469 g/mol. The molecule has 1 N–H and O–H groups in total. The van der Waals surface area contributed by atoms with E-state index in [0.29, 0.717) is 21.1 Å². The van der Waals surface area contributed by atoms with Crippen molar-refractivity contribution in [2.45, 2.75) is 11.3 Å². The Balaban J connectivity index is 1.41. The van der Waals surface area contributed by atoms with E-state index in [4.69, 9.17) is 16.0 Å². The molecule has 0 bridgehead atoms. The van der Waals surface area contributed by atoms with Gasteiger partial charge in [-0.05, 0) is 30.2 Å². The maximum Gasteiger partial charge on any atom is 0.293 e. The minimum atomic E-state index is -0.566. The lowest BCUT2D eigenvalue weighted by Gasteiger charge is -2.04. The molecule has 0 spiro atoms. The molecular weight excluding hydrogens is 454 g/mol. The number of hydrogen-bond donors (Lipinski definition) is 1. The number of benzene rings is 2. The molecule has 2 heterocycles. The third kappa shape index (κ3) is 5.22. The van der Waals surface area contributed by atoms with E-state index in [2.05, 4.69) is 15.5 Å². The number of hydrogen-bond acceptors (Lipinski definition) is 7. The minimum Gasteiger partial charge on any atom is -0.451 e. The third-order valence-electron chi connectivity index (χ3n) is 4.27. The third-order valence-corrected chi connectivity index (χ3v) is 6.60. The fourth-order valence-electron chi connectivity index (χ4n) is 2.73. The average Bonchev–Trinajstić information content (AvgIpc) is 3.20. The first kappa shape index (κ1) is 21.3. The van der Waals surface area contributed by atoms with Crippen molar-refractivity contribution in [3.05, 3.63) is 86.7 Å². The predicted octanol–water partition coefficient (Wildman–Crippen LogP) is 5.66. The molecule has 0 aliphatic carbocycles. The molecule has 0 fully saturated rings. The van der Waals surface area contributed by atoms with Crippen LogP contribution >= 0.6 is 34.7 Å². The second-order valence-corrected chi connectivity index (χ2v) is 9.18. The number of thioether (sulfide) groups is 1. The van der Waals surface area contributed by atoms with E-state index < -0.39 is 5.91 Å². The number of carbonyl (C=O) groups excluding carboxylic acids is 1. The van der Waals surface area contributed by atoms with Gasteiger partial charge in [0.2, 0.25) is 5.13 Å². The van der Waals surface area contributed by atoms with Gasteiger partial charge in [-0.3, -0.25) is 14.9 Å². The van der Waals surface area contributed by atoms with Crippen molar-refractivity contribution in [1.82, 2.24) is 10.2 Å². The van der Waals surface area contributed by atoms with Crippen molar-refractivity contribution in [1.29, 1.82) is 0 Å². The lowest BCUT2D eigenvalue weighted by atomic mass is 10.1. The molecule has 0 unspecified atom stereocenters. The Labute approximate surface area is 191 Å². The smallest absolute Gasteiger partial charge is 0.293 e. The largest absolute Gasteiger partial charge is 0.451 e. The van der Waals surface area contributed by atoms with Crippen molar-refractivity contribution < 1.29 is 9.21 Å². The van der Waals surface area contributed by atoms with Crippen LogP contribution in [0.15, 0.2) is 68.2 Å². The summed E-state index contributed by atoms with van der Waals surface area (Å²) >= 11 is 8.83. The normalized spacial score (nSPS) is 11.3. The van der Waals surface area contributed by atoms with Crippen LogP contribution in [0.2, 0.25) is 5.02 Å². The fraction of sp³-hybridized carbons (Fsp3) is 0.0909. The molecule has 0 aliphatic rings. The number of amides is 1. The van der Waals surface area contributed by atoms with E-state index in [1.165, 1.54) is 23.1 Å². The first-order valence-electron chi connectivity index (χ1n) is 9.23. The molecule has 0 radical (unpaired) electrons. The predicted molar refractivity (Wildman–Crippen MR) is 126 cm³/mol. The second-order valence-electron chi connectivity index (χ2n) is 6.52. The Morgan fingerprint density at radius 2 is 2.03 bits per heavy atom. The molecule has 0 aliphatic heterocycles. The van der Waals surface area contributed by atoms with Crippen LogP contribution in [0.25, 0.3) is 17.0 Å². The Kier molecular flexibility index (Phi) is 6.50. The van der Waals surface area contributed by atoms with Gasteiger partial charge in [0, 0.05) is 16.8 Å². The van der Waals surface area contributed by atoms with E-state index in [0.717, 1.165) is 27.3 Å². The zero-order valence-electron chi connectivity index (χ0n) is 16.3. The van der Waals surface area contributed by atoms with Gasteiger partial charge >= 0.3 is 0 Å². The van der Waals surface area contributed by atoms with Crippen LogP contribution in [0.3, 0.4) is 0 Å². The van der Waals surface area contributed by atoms with Gasteiger partial charge in [-0.25, -0.2) is 0 Å². The topological polar surface area (TPSA) is 85.1 Å². The number of nitrogens with one attached hydrogen (secondary N) is 1. The first-order valence-corrected chi connectivity index (χ1v) is 11.4. The van der Waals surface area contributed by atoms with Crippen molar-refractivity contribution in [2.75, 3.05) is 11.1 Å². The minimum absolute atomic E-state index is 0.102. The number of rotatable bonds is 6. The van der Waals surface area contributed by atoms with Crippen LogP contribution in [-0.4, -0.2) is 21.9 Å². The van der Waals surface area contributed by atoms with E-state index in [1.807, 2.05) is 42.5 Å². The highest BCUT2D eigenvalue weighted by atomic mass is 35.5. The van der Waals surface area contributed by atoms with Crippen molar-refractivity contribution in [2.24, 2.45) is 0 Å². The summed E-state index contributed by atoms with van der Waals surface area (Å²) in [5.41, 5.74) is 1.84. The lowest BCUT2D eigenvalue weighted by Crippen LogP contribution is -2.15. The van der Waals surface area contributed by atoms with Crippen LogP contribution in [0.5, 0.6) is 0 Å². The molecule has 2 aromatic carbocycles. The number of fused-ring (bicyclic) bond motifs is 1. The number of aryl methyl sites for hydroxylation is 1. The maximum atomic E-state index is 12.5. The molecule has 2 aromatic heterocycles. The summed E-state index contributed by atoms with van der Waals surface area (Å²) in [4.78, 5) is 24.9. The first-order chi connectivity index (χ1) is 15.0. The van der Waals surface area contributed by atoms with Crippen LogP contribution in [0.1, 0.15) is 21.7 Å². The van der Waals surface area contributed by atoms with Crippen molar-refractivity contribution >= 4 is 62.8 Å². The molecule has 0 saturated heterocycles. The Morgan fingerprint density at radius 3 is 2.84 bits per heavy atom. The van der Waals surface area contributed by atoms with E-state index >= 15 is 0 Å². The molecule has 1 amide bonds. The van der Waals surface area contributed by atoms with Crippen LogP contribution in [-0.2, 0) is 0 Å².